The predicted molar refractivity (Wildman–Crippen MR) is 108 cm³/mol. The number of aryl methyl sites for hydroxylation is 1. The molecule has 134 valence electrons. The van der Waals surface area contributed by atoms with Crippen LogP contribution in [-0.4, -0.2) is 5.11 Å². The van der Waals surface area contributed by atoms with Crippen LogP contribution >= 0.6 is 0 Å². The van der Waals surface area contributed by atoms with E-state index in [0.29, 0.717) is 5.75 Å². The number of benzene rings is 3. The van der Waals surface area contributed by atoms with Gasteiger partial charge < -0.3 is 9.84 Å². The lowest BCUT2D eigenvalue weighted by molar-refractivity contribution is 0.423. The van der Waals surface area contributed by atoms with E-state index in [0.717, 1.165) is 34.6 Å². The van der Waals surface area contributed by atoms with Gasteiger partial charge in [0.05, 0.1) is 0 Å². The fourth-order valence-corrected chi connectivity index (χ4v) is 2.95. The maximum atomic E-state index is 11.0. The molecule has 0 aliphatic rings. The minimum absolute atomic E-state index is 0.153. The second-order valence-corrected chi connectivity index (χ2v) is 7.39. The topological polar surface area (TPSA) is 29.5 Å². The molecule has 0 saturated carbocycles. The van der Waals surface area contributed by atoms with Crippen LogP contribution in [0.3, 0.4) is 0 Å². The number of ether oxygens (including phenoxy) is 1. The standard InChI is InChI=1S/C24H26O2/c1-5-24(3,4)22-16-20(26-19-9-7-6-8-10-19)15-21(23(22)25)18-13-11-17(2)12-14-18/h6-16,25H,5H2,1-4H3. The molecule has 0 spiro atoms. The van der Waals surface area contributed by atoms with E-state index in [2.05, 4.69) is 39.8 Å². The van der Waals surface area contributed by atoms with E-state index in [1.165, 1.54) is 5.56 Å². The molecule has 0 aliphatic carbocycles. The largest absolute Gasteiger partial charge is 0.507 e. The quantitative estimate of drug-likeness (QED) is 0.547. The Morgan fingerprint density at radius 1 is 0.885 bits per heavy atom. The molecule has 3 aromatic carbocycles. The number of hydrogen-bond acceptors (Lipinski definition) is 2. The molecule has 0 radical (unpaired) electrons. The highest BCUT2D eigenvalue weighted by molar-refractivity contribution is 5.74. The predicted octanol–water partition coefficient (Wildman–Crippen LogP) is 6.85. The third kappa shape index (κ3) is 3.75. The van der Waals surface area contributed by atoms with Crippen molar-refractivity contribution in [1.82, 2.24) is 0 Å². The molecule has 3 aromatic rings. The fraction of sp³-hybridized carbons (Fsp3) is 0.250. The monoisotopic (exact) mass is 346 g/mol. The van der Waals surface area contributed by atoms with E-state index in [9.17, 15) is 5.11 Å². The number of phenols is 1. The first-order valence-corrected chi connectivity index (χ1v) is 9.08. The molecule has 0 aliphatic heterocycles. The molecule has 0 amide bonds. The van der Waals surface area contributed by atoms with E-state index in [-0.39, 0.29) is 5.41 Å². The van der Waals surface area contributed by atoms with E-state index >= 15 is 0 Å². The summed E-state index contributed by atoms with van der Waals surface area (Å²) in [7, 11) is 0. The summed E-state index contributed by atoms with van der Waals surface area (Å²) in [6.07, 6.45) is 0.919. The lowest BCUT2D eigenvalue weighted by Gasteiger charge is -2.26. The number of aromatic hydroxyl groups is 1. The Bertz CT molecular complexity index is 878. The highest BCUT2D eigenvalue weighted by Gasteiger charge is 2.25. The molecular formula is C24H26O2. The van der Waals surface area contributed by atoms with Crippen LogP contribution in [0.15, 0.2) is 66.7 Å². The zero-order valence-corrected chi connectivity index (χ0v) is 15.9. The van der Waals surface area contributed by atoms with Gasteiger partial charge in [-0.3, -0.25) is 0 Å². The molecule has 0 saturated heterocycles. The number of phenolic OH excluding ortho intramolecular Hbond substituents is 1. The summed E-state index contributed by atoms with van der Waals surface area (Å²) in [5.74, 6) is 1.86. The van der Waals surface area contributed by atoms with Crippen LogP contribution in [0.2, 0.25) is 0 Å². The van der Waals surface area contributed by atoms with Crippen molar-refractivity contribution in [1.29, 1.82) is 0 Å². The molecule has 2 heteroatoms. The maximum absolute atomic E-state index is 11.0. The second kappa shape index (κ2) is 7.25. The van der Waals surface area contributed by atoms with Gasteiger partial charge in [0.15, 0.2) is 0 Å². The summed E-state index contributed by atoms with van der Waals surface area (Å²) < 4.78 is 6.09. The molecule has 0 unspecified atom stereocenters. The molecule has 0 heterocycles. The molecule has 26 heavy (non-hydrogen) atoms. The lowest BCUT2D eigenvalue weighted by atomic mass is 9.80. The number of para-hydroxylation sites is 1. The highest BCUT2D eigenvalue weighted by atomic mass is 16.5. The van der Waals surface area contributed by atoms with Crippen LogP contribution in [0.4, 0.5) is 0 Å². The van der Waals surface area contributed by atoms with Crippen LogP contribution in [0.5, 0.6) is 17.2 Å². The van der Waals surface area contributed by atoms with Crippen molar-refractivity contribution in [2.45, 2.75) is 39.5 Å². The zero-order chi connectivity index (χ0) is 18.7. The van der Waals surface area contributed by atoms with Gasteiger partial charge in [0.1, 0.15) is 17.2 Å². The second-order valence-electron chi connectivity index (χ2n) is 7.39. The van der Waals surface area contributed by atoms with Crippen molar-refractivity contribution in [3.05, 3.63) is 77.9 Å². The Balaban J connectivity index is 2.14. The number of rotatable bonds is 5. The first kappa shape index (κ1) is 18.1. The van der Waals surface area contributed by atoms with Gasteiger partial charge in [-0.25, -0.2) is 0 Å². The summed E-state index contributed by atoms with van der Waals surface area (Å²) in [5, 5.41) is 11.0. The van der Waals surface area contributed by atoms with Crippen molar-refractivity contribution >= 4 is 0 Å². The Morgan fingerprint density at radius 3 is 2.15 bits per heavy atom. The average molecular weight is 346 g/mol. The van der Waals surface area contributed by atoms with E-state index in [4.69, 9.17) is 4.74 Å². The van der Waals surface area contributed by atoms with Crippen molar-refractivity contribution in [2.75, 3.05) is 0 Å². The normalized spacial score (nSPS) is 11.4. The summed E-state index contributed by atoms with van der Waals surface area (Å²) in [4.78, 5) is 0. The molecule has 0 aromatic heterocycles. The van der Waals surface area contributed by atoms with Crippen LogP contribution in [0, 0.1) is 6.92 Å². The van der Waals surface area contributed by atoms with Gasteiger partial charge in [0, 0.05) is 11.1 Å². The molecule has 0 atom stereocenters. The average Bonchev–Trinajstić information content (AvgIpc) is 2.64. The summed E-state index contributed by atoms with van der Waals surface area (Å²) in [6, 6.07) is 21.8. The third-order valence-electron chi connectivity index (χ3n) is 5.04. The molecular weight excluding hydrogens is 320 g/mol. The summed E-state index contributed by atoms with van der Waals surface area (Å²) >= 11 is 0. The first-order chi connectivity index (χ1) is 12.4. The maximum Gasteiger partial charge on any atom is 0.128 e. The Hall–Kier alpha value is -2.74. The van der Waals surface area contributed by atoms with Gasteiger partial charge >= 0.3 is 0 Å². The molecule has 0 fully saturated rings. The van der Waals surface area contributed by atoms with Crippen LogP contribution in [0.1, 0.15) is 38.3 Å². The minimum atomic E-state index is -0.153. The van der Waals surface area contributed by atoms with Crippen LogP contribution < -0.4 is 4.74 Å². The molecule has 3 rings (SSSR count). The van der Waals surface area contributed by atoms with Gasteiger partial charge in [-0.15, -0.1) is 0 Å². The SMILES string of the molecule is CCC(C)(C)c1cc(Oc2ccccc2)cc(-c2ccc(C)cc2)c1O. The van der Waals surface area contributed by atoms with Crippen molar-refractivity contribution in [3.63, 3.8) is 0 Å². The number of hydrogen-bond donors (Lipinski definition) is 1. The Labute approximate surface area is 156 Å². The summed E-state index contributed by atoms with van der Waals surface area (Å²) in [5.41, 5.74) is 3.73. The zero-order valence-electron chi connectivity index (χ0n) is 15.9. The highest BCUT2D eigenvalue weighted by Crippen LogP contribution is 2.43. The van der Waals surface area contributed by atoms with Crippen molar-refractivity contribution < 1.29 is 9.84 Å². The lowest BCUT2D eigenvalue weighted by Crippen LogP contribution is -2.16. The van der Waals surface area contributed by atoms with Crippen LogP contribution in [0.25, 0.3) is 11.1 Å². The van der Waals surface area contributed by atoms with Crippen molar-refractivity contribution in [2.24, 2.45) is 0 Å². The fourth-order valence-electron chi connectivity index (χ4n) is 2.95. The van der Waals surface area contributed by atoms with Crippen molar-refractivity contribution in [3.8, 4) is 28.4 Å². The van der Waals surface area contributed by atoms with Gasteiger partial charge in [0.25, 0.3) is 0 Å². The van der Waals surface area contributed by atoms with E-state index in [1.807, 2.05) is 54.6 Å². The summed E-state index contributed by atoms with van der Waals surface area (Å²) in [6.45, 7) is 8.49. The van der Waals surface area contributed by atoms with Gasteiger partial charge in [-0.1, -0.05) is 68.8 Å². The van der Waals surface area contributed by atoms with E-state index in [1.54, 1.807) is 0 Å². The minimum Gasteiger partial charge on any atom is -0.507 e. The van der Waals surface area contributed by atoms with Gasteiger partial charge in [-0.05, 0) is 48.6 Å². The molecule has 0 bridgehead atoms. The van der Waals surface area contributed by atoms with Gasteiger partial charge in [0.2, 0.25) is 0 Å². The smallest absolute Gasteiger partial charge is 0.128 e. The van der Waals surface area contributed by atoms with Crippen LogP contribution in [-0.2, 0) is 5.41 Å². The molecule has 1 N–H and O–H groups in total. The third-order valence-corrected chi connectivity index (χ3v) is 5.04. The Morgan fingerprint density at radius 2 is 1.54 bits per heavy atom. The molecule has 2 nitrogen and oxygen atoms in total. The first-order valence-electron chi connectivity index (χ1n) is 9.08. The van der Waals surface area contributed by atoms with Gasteiger partial charge in [-0.2, -0.15) is 0 Å². The Kier molecular flexibility index (Phi) is 5.03. The van der Waals surface area contributed by atoms with E-state index < -0.39 is 0 Å².